The summed E-state index contributed by atoms with van der Waals surface area (Å²) in [5.74, 6) is 0.874. The molecule has 2 rings (SSSR count). The van der Waals surface area contributed by atoms with Gasteiger partial charge in [0.05, 0.1) is 29.1 Å². The first-order valence-corrected chi connectivity index (χ1v) is 8.82. The van der Waals surface area contributed by atoms with Gasteiger partial charge in [-0.1, -0.05) is 5.57 Å². The zero-order valence-electron chi connectivity index (χ0n) is 16.3. The molecule has 0 fully saturated rings. The van der Waals surface area contributed by atoms with Crippen LogP contribution in [0.5, 0.6) is 11.5 Å². The van der Waals surface area contributed by atoms with Crippen molar-refractivity contribution in [2.24, 2.45) is 15.7 Å². The standard InChI is InChI=1S/C20H22F2N6O/c1-13(6-7-23)10-26-20(25-3)16-5-4-15(9-24)8-17(16)29-18-11-27-28(14(18)2)12-19(21)22/h4-5,8,10-11,19H,3,6-7,12,23H2,1-2H3/b13-10+,26-20-. The summed E-state index contributed by atoms with van der Waals surface area (Å²) < 4.78 is 32.4. The lowest BCUT2D eigenvalue weighted by Crippen LogP contribution is -2.09. The summed E-state index contributed by atoms with van der Waals surface area (Å²) in [6, 6.07) is 6.81. The van der Waals surface area contributed by atoms with E-state index in [1.807, 2.05) is 13.0 Å². The molecule has 0 saturated heterocycles. The molecule has 1 heterocycles. The normalized spacial score (nSPS) is 12.2. The third-order valence-electron chi connectivity index (χ3n) is 4.04. The molecule has 2 aromatic rings. The molecule has 7 nitrogen and oxygen atoms in total. The smallest absolute Gasteiger partial charge is 0.257 e. The molecule has 152 valence electrons. The topological polar surface area (TPSA) is 102 Å². The molecule has 0 unspecified atom stereocenters. The number of alkyl halides is 2. The summed E-state index contributed by atoms with van der Waals surface area (Å²) in [4.78, 5) is 8.30. The molecule has 0 atom stereocenters. The van der Waals surface area contributed by atoms with Crippen LogP contribution in [0.2, 0.25) is 0 Å². The van der Waals surface area contributed by atoms with Crippen LogP contribution in [0.25, 0.3) is 0 Å². The van der Waals surface area contributed by atoms with Crippen LogP contribution in [0.3, 0.4) is 0 Å². The van der Waals surface area contributed by atoms with Crippen molar-refractivity contribution < 1.29 is 13.5 Å². The molecule has 9 heteroatoms. The van der Waals surface area contributed by atoms with Gasteiger partial charge in [0, 0.05) is 6.20 Å². The third kappa shape index (κ3) is 5.80. The highest BCUT2D eigenvalue weighted by Gasteiger charge is 2.16. The number of nitriles is 1. The molecule has 0 spiro atoms. The first-order valence-electron chi connectivity index (χ1n) is 8.82. The van der Waals surface area contributed by atoms with Gasteiger partial charge in [0.2, 0.25) is 0 Å². The fourth-order valence-corrected chi connectivity index (χ4v) is 2.48. The van der Waals surface area contributed by atoms with Gasteiger partial charge in [0.1, 0.15) is 12.3 Å². The maximum atomic E-state index is 12.7. The first kappa shape index (κ1) is 21.9. The van der Waals surface area contributed by atoms with E-state index < -0.39 is 13.0 Å². The molecule has 0 aliphatic rings. The number of benzene rings is 1. The molecule has 0 amide bonds. The lowest BCUT2D eigenvalue weighted by Gasteiger charge is -2.11. The Balaban J connectivity index is 2.45. The van der Waals surface area contributed by atoms with Gasteiger partial charge in [-0.25, -0.2) is 18.8 Å². The molecule has 1 aromatic heterocycles. The number of nitrogens with two attached hydrogens (primary N) is 1. The van der Waals surface area contributed by atoms with Crippen molar-refractivity contribution in [2.75, 3.05) is 6.54 Å². The van der Waals surface area contributed by atoms with Gasteiger partial charge in [-0.3, -0.25) is 4.68 Å². The maximum Gasteiger partial charge on any atom is 0.257 e. The van der Waals surface area contributed by atoms with Crippen molar-refractivity contribution in [3.8, 4) is 17.6 Å². The number of ether oxygens (including phenoxy) is 1. The summed E-state index contributed by atoms with van der Waals surface area (Å²) in [7, 11) is 0. The average molecular weight is 400 g/mol. The van der Waals surface area contributed by atoms with Gasteiger partial charge in [0.15, 0.2) is 11.6 Å². The molecule has 0 aliphatic carbocycles. The Labute approximate surface area is 167 Å². The number of aliphatic imine (C=N–C) groups is 2. The molecular weight excluding hydrogens is 378 g/mol. The van der Waals surface area contributed by atoms with E-state index in [-0.39, 0.29) is 0 Å². The number of aromatic nitrogens is 2. The minimum absolute atomic E-state index is 0.290. The summed E-state index contributed by atoms with van der Waals surface area (Å²) in [6.45, 7) is 7.04. The van der Waals surface area contributed by atoms with Gasteiger partial charge in [0.25, 0.3) is 6.43 Å². The lowest BCUT2D eigenvalue weighted by atomic mass is 10.1. The van der Waals surface area contributed by atoms with Gasteiger partial charge >= 0.3 is 0 Å². The zero-order chi connectivity index (χ0) is 21.4. The molecule has 0 saturated carbocycles. The molecule has 0 bridgehead atoms. The van der Waals surface area contributed by atoms with Crippen molar-refractivity contribution in [1.29, 1.82) is 5.26 Å². The highest BCUT2D eigenvalue weighted by molar-refractivity contribution is 6.04. The van der Waals surface area contributed by atoms with Crippen LogP contribution in [-0.4, -0.2) is 35.3 Å². The second-order valence-electron chi connectivity index (χ2n) is 6.22. The highest BCUT2D eigenvalue weighted by atomic mass is 19.3. The monoisotopic (exact) mass is 400 g/mol. The van der Waals surface area contributed by atoms with Gasteiger partial charge < -0.3 is 10.5 Å². The minimum Gasteiger partial charge on any atom is -0.453 e. The van der Waals surface area contributed by atoms with E-state index in [0.29, 0.717) is 47.1 Å². The Morgan fingerprint density at radius 3 is 2.83 bits per heavy atom. The van der Waals surface area contributed by atoms with E-state index in [2.05, 4.69) is 21.8 Å². The number of rotatable bonds is 8. The Morgan fingerprint density at radius 2 is 2.21 bits per heavy atom. The van der Waals surface area contributed by atoms with Crippen LogP contribution < -0.4 is 10.5 Å². The van der Waals surface area contributed by atoms with E-state index in [4.69, 9.17) is 10.5 Å². The molecule has 1 aromatic carbocycles. The van der Waals surface area contributed by atoms with E-state index in [9.17, 15) is 14.0 Å². The second-order valence-corrected chi connectivity index (χ2v) is 6.22. The van der Waals surface area contributed by atoms with E-state index >= 15 is 0 Å². The molecule has 0 radical (unpaired) electrons. The highest BCUT2D eigenvalue weighted by Crippen LogP contribution is 2.30. The van der Waals surface area contributed by atoms with Crippen molar-refractivity contribution in [1.82, 2.24) is 9.78 Å². The zero-order valence-corrected chi connectivity index (χ0v) is 16.3. The van der Waals surface area contributed by atoms with Crippen molar-refractivity contribution >= 4 is 12.6 Å². The largest absolute Gasteiger partial charge is 0.453 e. The predicted molar refractivity (Wildman–Crippen MR) is 108 cm³/mol. The Bertz CT molecular complexity index is 972. The van der Waals surface area contributed by atoms with Crippen LogP contribution in [0.15, 0.2) is 46.2 Å². The SMILES string of the molecule is C=N/C(=N\C=C(/C)CCN)c1ccc(C#N)cc1Oc1cnn(CC(F)F)c1C. The Hall–Kier alpha value is -3.38. The van der Waals surface area contributed by atoms with Crippen LogP contribution in [0, 0.1) is 18.3 Å². The average Bonchev–Trinajstić information content (AvgIpc) is 3.02. The molecule has 29 heavy (non-hydrogen) atoms. The summed E-state index contributed by atoms with van der Waals surface area (Å²) in [6.07, 6.45) is 1.15. The van der Waals surface area contributed by atoms with Gasteiger partial charge in [-0.2, -0.15) is 10.4 Å². The van der Waals surface area contributed by atoms with Crippen molar-refractivity contribution in [3.05, 3.63) is 53.0 Å². The minimum atomic E-state index is -2.54. The van der Waals surface area contributed by atoms with E-state index in [1.54, 1.807) is 25.3 Å². The molecular formula is C20H22F2N6O. The summed E-state index contributed by atoms with van der Waals surface area (Å²) >= 11 is 0. The summed E-state index contributed by atoms with van der Waals surface area (Å²) in [5.41, 5.74) is 7.79. The first-order chi connectivity index (χ1) is 13.9. The molecule has 2 N–H and O–H groups in total. The third-order valence-corrected chi connectivity index (χ3v) is 4.04. The van der Waals surface area contributed by atoms with Crippen LogP contribution in [-0.2, 0) is 6.54 Å². The predicted octanol–water partition coefficient (Wildman–Crippen LogP) is 3.82. The van der Waals surface area contributed by atoms with E-state index in [1.165, 1.54) is 12.3 Å². The number of amidine groups is 1. The van der Waals surface area contributed by atoms with Gasteiger partial charge in [-0.15, -0.1) is 0 Å². The van der Waals surface area contributed by atoms with Gasteiger partial charge in [-0.05, 0) is 51.7 Å². The lowest BCUT2D eigenvalue weighted by molar-refractivity contribution is 0.121. The second kappa shape index (κ2) is 10.2. The van der Waals surface area contributed by atoms with Crippen LogP contribution in [0.1, 0.15) is 30.2 Å². The van der Waals surface area contributed by atoms with Crippen LogP contribution in [0.4, 0.5) is 8.78 Å². The fraction of sp³-hybridized carbons (Fsp3) is 0.300. The number of halogens is 2. The number of hydrogen-bond acceptors (Lipinski definition) is 5. The quantitative estimate of drug-likeness (QED) is 0.537. The number of hydrogen-bond donors (Lipinski definition) is 1. The van der Waals surface area contributed by atoms with Crippen molar-refractivity contribution in [2.45, 2.75) is 33.2 Å². The Morgan fingerprint density at radius 1 is 1.45 bits per heavy atom. The summed E-state index contributed by atoms with van der Waals surface area (Å²) in [5, 5.41) is 13.1. The van der Waals surface area contributed by atoms with Crippen LogP contribution >= 0.6 is 0 Å². The Kier molecular flexibility index (Phi) is 7.74. The number of nitrogens with zero attached hydrogens (tertiary/aromatic N) is 5. The van der Waals surface area contributed by atoms with E-state index in [0.717, 1.165) is 10.3 Å². The maximum absolute atomic E-state index is 12.7. The fourth-order valence-electron chi connectivity index (χ4n) is 2.48. The van der Waals surface area contributed by atoms with Crippen molar-refractivity contribution in [3.63, 3.8) is 0 Å². The molecule has 0 aliphatic heterocycles.